The molecule has 0 bridgehead atoms. The predicted molar refractivity (Wildman–Crippen MR) is 176 cm³/mol. The molecule has 0 amide bonds. The van der Waals surface area contributed by atoms with Crippen LogP contribution in [0.5, 0.6) is 17.2 Å². The van der Waals surface area contributed by atoms with Crippen molar-refractivity contribution in [2.75, 3.05) is 0 Å². The second-order valence-electron chi connectivity index (χ2n) is 13.0. The van der Waals surface area contributed by atoms with Crippen LogP contribution in [0, 0.1) is 13.8 Å². The number of phenols is 2. The first-order valence-corrected chi connectivity index (χ1v) is 16.4. The van der Waals surface area contributed by atoms with Gasteiger partial charge in [-0.1, -0.05) is 99.2 Å². The van der Waals surface area contributed by atoms with Crippen molar-refractivity contribution in [3.63, 3.8) is 0 Å². The number of ether oxygens (including phenoxy) is 1. The summed E-state index contributed by atoms with van der Waals surface area (Å²) in [4.78, 5) is 0. The molecule has 2 N–H and O–H groups in total. The summed E-state index contributed by atoms with van der Waals surface area (Å²) in [6.45, 7) is 4.74. The molecule has 0 radical (unpaired) electrons. The molecular weight excluding hydrogens is 528 g/mol. The lowest BCUT2D eigenvalue weighted by molar-refractivity contribution is 0.302. The maximum absolute atomic E-state index is 11.2. The average Bonchev–Trinajstić information content (AvgIpc) is 3.04. The Morgan fingerprint density at radius 3 is 1.63 bits per heavy atom. The summed E-state index contributed by atoms with van der Waals surface area (Å²) in [7, 11) is 0. The summed E-state index contributed by atoms with van der Waals surface area (Å²) in [5, 5.41) is 22.4. The molecule has 0 aliphatic heterocycles. The van der Waals surface area contributed by atoms with Gasteiger partial charge in [-0.15, -0.1) is 0 Å². The van der Waals surface area contributed by atoms with Crippen molar-refractivity contribution in [3.05, 3.63) is 123 Å². The Labute approximate surface area is 257 Å². The lowest BCUT2D eigenvalue weighted by Gasteiger charge is -2.30. The van der Waals surface area contributed by atoms with Crippen LogP contribution in [0.15, 0.2) is 78.9 Å². The van der Waals surface area contributed by atoms with Crippen molar-refractivity contribution in [2.24, 2.45) is 0 Å². The minimum absolute atomic E-state index is 0.0992. The Balaban J connectivity index is 1.51. The third kappa shape index (κ3) is 6.47. The zero-order chi connectivity index (χ0) is 29.8. The van der Waals surface area contributed by atoms with Gasteiger partial charge in [0.15, 0.2) is 0 Å². The van der Waals surface area contributed by atoms with E-state index in [9.17, 15) is 10.2 Å². The van der Waals surface area contributed by atoms with Crippen molar-refractivity contribution in [1.82, 2.24) is 0 Å². The number of aryl methyl sites for hydroxylation is 2. The molecule has 0 heterocycles. The summed E-state index contributed by atoms with van der Waals surface area (Å²) in [5.74, 6) is 2.39. The highest BCUT2D eigenvalue weighted by atomic mass is 16.5. The first-order chi connectivity index (χ1) is 21.0. The van der Waals surface area contributed by atoms with Crippen LogP contribution in [-0.2, 0) is 6.61 Å². The SMILES string of the molecule is Cc1cc(O)c(C2CCCCC2)cc1C(c1cc(C2CCCCC2)c(O)cc1C)c1ccccc1OCc1ccccc1. The number of para-hydroxylation sites is 1. The minimum Gasteiger partial charge on any atom is -0.508 e. The summed E-state index contributed by atoms with van der Waals surface area (Å²) in [6, 6.07) is 27.3. The fourth-order valence-corrected chi connectivity index (χ4v) is 7.65. The van der Waals surface area contributed by atoms with Crippen LogP contribution in [0.3, 0.4) is 0 Å². The molecule has 0 unspecified atom stereocenters. The van der Waals surface area contributed by atoms with E-state index in [0.717, 1.165) is 64.8 Å². The first kappa shape index (κ1) is 29.4. The third-order valence-electron chi connectivity index (χ3n) is 10.0. The molecule has 6 rings (SSSR count). The molecule has 3 heteroatoms. The highest BCUT2D eigenvalue weighted by Gasteiger charge is 2.29. The molecule has 43 heavy (non-hydrogen) atoms. The topological polar surface area (TPSA) is 49.7 Å². The molecule has 0 saturated heterocycles. The largest absolute Gasteiger partial charge is 0.508 e. The van der Waals surface area contributed by atoms with E-state index in [0.29, 0.717) is 29.9 Å². The maximum atomic E-state index is 11.2. The van der Waals surface area contributed by atoms with Gasteiger partial charge in [-0.05, 0) is 109 Å². The Morgan fingerprint density at radius 2 is 1.09 bits per heavy atom. The Bertz CT molecular complexity index is 1450. The van der Waals surface area contributed by atoms with Crippen LogP contribution in [-0.4, -0.2) is 10.2 Å². The molecule has 0 atom stereocenters. The van der Waals surface area contributed by atoms with Crippen LogP contribution in [0.1, 0.15) is 126 Å². The molecule has 2 saturated carbocycles. The zero-order valence-electron chi connectivity index (χ0n) is 25.8. The number of phenolic OH excluding ortho intramolecular Hbond substituents is 2. The smallest absolute Gasteiger partial charge is 0.123 e. The van der Waals surface area contributed by atoms with Crippen LogP contribution < -0.4 is 4.74 Å². The van der Waals surface area contributed by atoms with Gasteiger partial charge in [0.05, 0.1) is 0 Å². The van der Waals surface area contributed by atoms with E-state index in [2.05, 4.69) is 62.4 Å². The van der Waals surface area contributed by atoms with Crippen molar-refractivity contribution in [3.8, 4) is 17.2 Å². The van der Waals surface area contributed by atoms with Crippen molar-refractivity contribution < 1.29 is 14.9 Å². The van der Waals surface area contributed by atoms with Gasteiger partial charge in [0.25, 0.3) is 0 Å². The molecule has 2 aliphatic rings. The van der Waals surface area contributed by atoms with Gasteiger partial charge in [-0.25, -0.2) is 0 Å². The van der Waals surface area contributed by atoms with E-state index in [-0.39, 0.29) is 5.92 Å². The standard InChI is InChI=1S/C40H46O3/c1-27-22-37(41)35(30-16-8-4-9-17-30)24-33(27)40(32-20-12-13-21-39(32)43-26-29-14-6-3-7-15-29)34-25-36(38(42)23-28(34)2)31-18-10-5-11-19-31/h3,6-7,12-15,20-25,30-31,40-42H,4-5,8-11,16-19,26H2,1-2H3. The number of hydrogen-bond acceptors (Lipinski definition) is 3. The van der Waals surface area contributed by atoms with Crippen LogP contribution in [0.4, 0.5) is 0 Å². The number of aromatic hydroxyl groups is 2. The molecule has 0 aromatic heterocycles. The maximum Gasteiger partial charge on any atom is 0.123 e. The molecular formula is C40H46O3. The first-order valence-electron chi connectivity index (χ1n) is 16.4. The van der Waals surface area contributed by atoms with Gasteiger partial charge in [0.2, 0.25) is 0 Å². The fourth-order valence-electron chi connectivity index (χ4n) is 7.65. The van der Waals surface area contributed by atoms with Gasteiger partial charge in [0.1, 0.15) is 23.9 Å². The van der Waals surface area contributed by atoms with E-state index < -0.39 is 0 Å². The fraction of sp³-hybridized carbons (Fsp3) is 0.400. The van der Waals surface area contributed by atoms with Gasteiger partial charge in [0, 0.05) is 11.5 Å². The molecule has 2 fully saturated rings. The normalized spacial score (nSPS) is 16.4. The molecule has 4 aromatic rings. The van der Waals surface area contributed by atoms with Crippen molar-refractivity contribution >= 4 is 0 Å². The number of hydrogen-bond donors (Lipinski definition) is 2. The average molecular weight is 575 g/mol. The van der Waals surface area contributed by atoms with E-state index in [1.807, 2.05) is 30.3 Å². The lowest BCUT2D eigenvalue weighted by atomic mass is 9.75. The van der Waals surface area contributed by atoms with Gasteiger partial charge < -0.3 is 14.9 Å². The Hall–Kier alpha value is -3.72. The van der Waals surface area contributed by atoms with Gasteiger partial charge >= 0.3 is 0 Å². The summed E-state index contributed by atoms with van der Waals surface area (Å²) in [5.41, 5.74) is 8.97. The second kappa shape index (κ2) is 13.3. The summed E-state index contributed by atoms with van der Waals surface area (Å²) in [6.07, 6.45) is 11.9. The summed E-state index contributed by atoms with van der Waals surface area (Å²) < 4.78 is 6.57. The molecule has 0 spiro atoms. The Morgan fingerprint density at radius 1 is 0.605 bits per heavy atom. The minimum atomic E-state index is -0.0992. The van der Waals surface area contributed by atoms with Crippen molar-refractivity contribution in [2.45, 2.75) is 102 Å². The lowest BCUT2D eigenvalue weighted by Crippen LogP contribution is -2.13. The monoisotopic (exact) mass is 574 g/mol. The third-order valence-corrected chi connectivity index (χ3v) is 10.0. The van der Waals surface area contributed by atoms with Gasteiger partial charge in [-0.2, -0.15) is 0 Å². The molecule has 3 nitrogen and oxygen atoms in total. The van der Waals surface area contributed by atoms with Gasteiger partial charge in [-0.3, -0.25) is 0 Å². The van der Waals surface area contributed by atoms with Crippen LogP contribution in [0.25, 0.3) is 0 Å². The molecule has 2 aliphatic carbocycles. The number of benzene rings is 4. The van der Waals surface area contributed by atoms with Crippen LogP contribution >= 0.6 is 0 Å². The summed E-state index contributed by atoms with van der Waals surface area (Å²) >= 11 is 0. The van der Waals surface area contributed by atoms with E-state index in [1.165, 1.54) is 49.7 Å². The van der Waals surface area contributed by atoms with Crippen LogP contribution in [0.2, 0.25) is 0 Å². The second-order valence-corrected chi connectivity index (χ2v) is 13.0. The Kier molecular flexibility index (Phi) is 9.07. The zero-order valence-corrected chi connectivity index (χ0v) is 25.8. The van der Waals surface area contributed by atoms with E-state index in [1.54, 1.807) is 0 Å². The highest BCUT2D eigenvalue weighted by Crippen LogP contribution is 2.47. The highest BCUT2D eigenvalue weighted by molar-refractivity contribution is 5.58. The quantitative estimate of drug-likeness (QED) is 0.206. The molecule has 4 aromatic carbocycles. The van der Waals surface area contributed by atoms with Crippen molar-refractivity contribution in [1.29, 1.82) is 0 Å². The number of rotatable bonds is 8. The molecule has 224 valence electrons. The predicted octanol–water partition coefficient (Wildman–Crippen LogP) is 10.6. The van der Waals surface area contributed by atoms with E-state index >= 15 is 0 Å². The van der Waals surface area contributed by atoms with E-state index in [4.69, 9.17) is 4.74 Å².